The smallest absolute Gasteiger partial charge is 0.354 e. The summed E-state index contributed by atoms with van der Waals surface area (Å²) >= 11 is 0. The Hall–Kier alpha value is -1.00. The summed E-state index contributed by atoms with van der Waals surface area (Å²) < 4.78 is 4.63. The maximum absolute atomic E-state index is 11.2. The fourth-order valence-electron chi connectivity index (χ4n) is 1.71. The molecule has 0 aliphatic heterocycles. The fraction of sp³-hybridized carbons (Fsp3) is 0.500. The summed E-state index contributed by atoms with van der Waals surface area (Å²) in [5, 5.41) is 3.27. The van der Waals surface area contributed by atoms with E-state index in [1.807, 2.05) is 19.3 Å². The van der Waals surface area contributed by atoms with Gasteiger partial charge < -0.3 is 15.0 Å². The Bertz CT molecular complexity index is 358. The number of halogens is 1. The summed E-state index contributed by atoms with van der Waals surface area (Å²) in [5.74, 6) is -0.317. The zero-order valence-corrected chi connectivity index (χ0v) is 9.61. The third kappa shape index (κ3) is 2.01. The van der Waals surface area contributed by atoms with Crippen LogP contribution in [0.4, 0.5) is 0 Å². The van der Waals surface area contributed by atoms with Crippen molar-refractivity contribution in [3.05, 3.63) is 23.5 Å². The number of esters is 1. The van der Waals surface area contributed by atoms with Gasteiger partial charge in [-0.05, 0) is 31.5 Å². The van der Waals surface area contributed by atoms with Gasteiger partial charge in [0.25, 0.3) is 0 Å². The molecule has 2 rings (SSSR count). The molecule has 1 aromatic rings. The molecule has 0 aromatic carbocycles. The number of H-pyrrole nitrogens is 1. The van der Waals surface area contributed by atoms with Gasteiger partial charge in [-0.15, -0.1) is 12.4 Å². The Morgan fingerprint density at radius 2 is 2.27 bits per heavy atom. The Morgan fingerprint density at radius 1 is 1.60 bits per heavy atom. The minimum atomic E-state index is -0.317. The molecule has 84 valence electrons. The second kappa shape index (κ2) is 4.24. The number of aromatic nitrogens is 1. The van der Waals surface area contributed by atoms with Gasteiger partial charge in [0, 0.05) is 11.7 Å². The lowest BCUT2D eigenvalue weighted by Gasteiger charge is -2.10. The molecule has 0 amide bonds. The molecule has 0 spiro atoms. The number of ether oxygens (including phenoxy) is 1. The van der Waals surface area contributed by atoms with Crippen LogP contribution >= 0.6 is 12.4 Å². The highest BCUT2D eigenvalue weighted by atomic mass is 35.5. The predicted molar refractivity (Wildman–Crippen MR) is 59.4 cm³/mol. The van der Waals surface area contributed by atoms with Crippen molar-refractivity contribution in [1.82, 2.24) is 10.3 Å². The van der Waals surface area contributed by atoms with Crippen LogP contribution in [-0.4, -0.2) is 25.1 Å². The molecule has 0 bridgehead atoms. The van der Waals surface area contributed by atoms with Gasteiger partial charge in [-0.3, -0.25) is 0 Å². The van der Waals surface area contributed by atoms with Crippen LogP contribution in [0.1, 0.15) is 28.9 Å². The van der Waals surface area contributed by atoms with Crippen LogP contribution in [0.2, 0.25) is 0 Å². The molecule has 0 radical (unpaired) electrons. The van der Waals surface area contributed by atoms with E-state index in [-0.39, 0.29) is 23.9 Å². The van der Waals surface area contributed by atoms with Crippen molar-refractivity contribution < 1.29 is 9.53 Å². The number of carbonyl (C=O) groups is 1. The summed E-state index contributed by atoms with van der Waals surface area (Å²) in [6.07, 6.45) is 4.12. The predicted octanol–water partition coefficient (Wildman–Crippen LogP) is 1.43. The van der Waals surface area contributed by atoms with Crippen LogP contribution in [0.3, 0.4) is 0 Å². The Morgan fingerprint density at radius 3 is 2.73 bits per heavy atom. The Labute approximate surface area is 94.8 Å². The van der Waals surface area contributed by atoms with E-state index < -0.39 is 0 Å². The maximum atomic E-state index is 11.2. The first kappa shape index (κ1) is 12.1. The average Bonchev–Trinajstić information content (AvgIpc) is 2.87. The van der Waals surface area contributed by atoms with Crippen molar-refractivity contribution in [2.24, 2.45) is 0 Å². The third-order valence-corrected chi connectivity index (χ3v) is 2.87. The zero-order valence-electron chi connectivity index (χ0n) is 8.79. The van der Waals surface area contributed by atoms with E-state index in [1.165, 1.54) is 7.11 Å². The molecule has 4 nitrogen and oxygen atoms in total. The van der Waals surface area contributed by atoms with Gasteiger partial charge in [0.1, 0.15) is 5.69 Å². The molecule has 1 aromatic heterocycles. The van der Waals surface area contributed by atoms with E-state index in [0.29, 0.717) is 5.69 Å². The number of hydrogen-bond acceptors (Lipinski definition) is 3. The van der Waals surface area contributed by atoms with Gasteiger partial charge in [-0.2, -0.15) is 0 Å². The van der Waals surface area contributed by atoms with Crippen LogP contribution in [-0.2, 0) is 10.3 Å². The highest BCUT2D eigenvalue weighted by Crippen LogP contribution is 2.45. The van der Waals surface area contributed by atoms with E-state index in [4.69, 9.17) is 0 Å². The molecule has 0 atom stereocenters. The van der Waals surface area contributed by atoms with E-state index in [9.17, 15) is 4.79 Å². The number of methoxy groups -OCH3 is 1. The maximum Gasteiger partial charge on any atom is 0.354 e. The summed E-state index contributed by atoms with van der Waals surface area (Å²) in [5.41, 5.74) is 1.76. The van der Waals surface area contributed by atoms with Crippen LogP contribution in [0.5, 0.6) is 0 Å². The molecule has 15 heavy (non-hydrogen) atoms. The largest absolute Gasteiger partial charge is 0.464 e. The van der Waals surface area contributed by atoms with Gasteiger partial charge in [0.15, 0.2) is 0 Å². The summed E-state index contributed by atoms with van der Waals surface area (Å²) in [7, 11) is 3.33. The van der Waals surface area contributed by atoms with Crippen LogP contribution in [0.25, 0.3) is 0 Å². The second-order valence-electron chi connectivity index (χ2n) is 3.63. The number of rotatable bonds is 3. The van der Waals surface area contributed by atoms with Gasteiger partial charge >= 0.3 is 5.97 Å². The van der Waals surface area contributed by atoms with Crippen LogP contribution in [0.15, 0.2) is 12.3 Å². The average molecular weight is 231 g/mol. The molecule has 0 unspecified atom stereocenters. The fourth-order valence-corrected chi connectivity index (χ4v) is 1.71. The van der Waals surface area contributed by atoms with Crippen molar-refractivity contribution in [2.75, 3.05) is 14.2 Å². The molecule has 1 aliphatic carbocycles. The lowest BCUT2D eigenvalue weighted by atomic mass is 10.1. The number of carbonyl (C=O) groups excluding carboxylic acids is 1. The first-order valence-corrected chi connectivity index (χ1v) is 4.68. The van der Waals surface area contributed by atoms with Crippen molar-refractivity contribution in [3.63, 3.8) is 0 Å². The SMILES string of the molecule is CNC1(c2c[nH]c(C(=O)OC)c2)CC1.Cl. The zero-order chi connectivity index (χ0) is 10.2. The van der Waals surface area contributed by atoms with Gasteiger partial charge in [0.2, 0.25) is 0 Å². The first-order chi connectivity index (χ1) is 6.72. The topological polar surface area (TPSA) is 54.1 Å². The van der Waals surface area contributed by atoms with E-state index >= 15 is 0 Å². The highest BCUT2D eigenvalue weighted by Gasteiger charge is 2.43. The van der Waals surface area contributed by atoms with Crippen molar-refractivity contribution in [3.8, 4) is 0 Å². The molecule has 2 N–H and O–H groups in total. The molecular formula is C10H15ClN2O2. The Balaban J connectivity index is 0.00000112. The van der Waals surface area contributed by atoms with Gasteiger partial charge in [-0.25, -0.2) is 4.79 Å². The molecule has 1 heterocycles. The quantitative estimate of drug-likeness (QED) is 0.773. The van der Waals surface area contributed by atoms with Crippen LogP contribution < -0.4 is 5.32 Å². The summed E-state index contributed by atoms with van der Waals surface area (Å²) in [4.78, 5) is 14.1. The van der Waals surface area contributed by atoms with E-state index in [1.54, 1.807) is 0 Å². The minimum Gasteiger partial charge on any atom is -0.464 e. The standard InChI is InChI=1S/C10H14N2O2.ClH/c1-11-10(3-4-10)7-5-8(12-6-7)9(13)14-2;/h5-6,11-12H,3-4H2,1-2H3;1H. The number of nitrogens with one attached hydrogen (secondary N) is 2. The number of hydrogen-bond donors (Lipinski definition) is 2. The van der Waals surface area contributed by atoms with Crippen molar-refractivity contribution in [1.29, 1.82) is 0 Å². The highest BCUT2D eigenvalue weighted by molar-refractivity contribution is 5.87. The lowest BCUT2D eigenvalue weighted by molar-refractivity contribution is 0.0595. The summed E-state index contributed by atoms with van der Waals surface area (Å²) in [6, 6.07) is 1.86. The summed E-state index contributed by atoms with van der Waals surface area (Å²) in [6.45, 7) is 0. The molecular weight excluding hydrogens is 216 g/mol. The van der Waals surface area contributed by atoms with Crippen molar-refractivity contribution in [2.45, 2.75) is 18.4 Å². The molecule has 5 heteroatoms. The van der Waals surface area contributed by atoms with Crippen LogP contribution in [0, 0.1) is 0 Å². The lowest BCUT2D eigenvalue weighted by Crippen LogP contribution is -2.23. The van der Waals surface area contributed by atoms with E-state index in [2.05, 4.69) is 15.0 Å². The third-order valence-electron chi connectivity index (χ3n) is 2.87. The van der Waals surface area contributed by atoms with E-state index in [0.717, 1.165) is 18.4 Å². The van der Waals surface area contributed by atoms with Gasteiger partial charge in [0.05, 0.1) is 7.11 Å². The molecule has 1 saturated carbocycles. The molecule has 0 saturated heterocycles. The Kier molecular flexibility index (Phi) is 3.42. The number of aromatic amines is 1. The molecule has 1 fully saturated rings. The molecule has 1 aliphatic rings. The monoisotopic (exact) mass is 230 g/mol. The normalized spacial score (nSPS) is 16.7. The minimum absolute atomic E-state index is 0. The van der Waals surface area contributed by atoms with Gasteiger partial charge in [-0.1, -0.05) is 0 Å². The first-order valence-electron chi connectivity index (χ1n) is 4.68. The van der Waals surface area contributed by atoms with Crippen molar-refractivity contribution >= 4 is 18.4 Å². The second-order valence-corrected chi connectivity index (χ2v) is 3.63.